The van der Waals surface area contributed by atoms with Gasteiger partial charge in [-0.05, 0) is 61.0 Å². The molecule has 5 nitrogen and oxygen atoms in total. The minimum absolute atomic E-state index is 0.00801. The molecule has 30 heavy (non-hydrogen) atoms. The number of benzene rings is 1. The standard InChI is InChI=1S/C24H26N4OS/c1-29-21-12-5-4-11-20(21)28-23(17-13-15-27(16-17)18-8-2-3-9-18)22(26-24(28)30)19-10-6-7-14-25-19/h4-7,10-16,18,22-23H,2-3,8-9H2,1H3,(H,26,30)/t22-,23-/m1/s1. The highest BCUT2D eigenvalue weighted by Gasteiger charge is 2.42. The van der Waals surface area contributed by atoms with Crippen LogP contribution in [0, 0.1) is 0 Å². The lowest BCUT2D eigenvalue weighted by Gasteiger charge is -2.28. The molecule has 2 atom stereocenters. The molecule has 1 aliphatic heterocycles. The maximum Gasteiger partial charge on any atom is 0.174 e. The van der Waals surface area contributed by atoms with E-state index in [4.69, 9.17) is 17.0 Å². The Morgan fingerprint density at radius 1 is 1.07 bits per heavy atom. The molecule has 1 saturated carbocycles. The summed E-state index contributed by atoms with van der Waals surface area (Å²) in [6, 6.07) is 16.9. The number of hydrogen-bond acceptors (Lipinski definition) is 3. The molecule has 2 fully saturated rings. The van der Waals surface area contributed by atoms with Crippen molar-refractivity contribution < 1.29 is 4.74 Å². The Bertz CT molecular complexity index is 1030. The number of methoxy groups -OCH3 is 1. The van der Waals surface area contributed by atoms with E-state index in [1.165, 1.54) is 31.2 Å². The van der Waals surface area contributed by atoms with Gasteiger partial charge in [-0.15, -0.1) is 0 Å². The summed E-state index contributed by atoms with van der Waals surface area (Å²) in [6.07, 6.45) is 11.5. The minimum atomic E-state index is -0.0389. The summed E-state index contributed by atoms with van der Waals surface area (Å²) >= 11 is 5.82. The Hall–Kier alpha value is -2.86. The third-order valence-electron chi connectivity index (χ3n) is 6.27. The molecule has 1 saturated heterocycles. The van der Waals surface area contributed by atoms with Crippen LogP contribution in [-0.4, -0.2) is 21.8 Å². The summed E-state index contributed by atoms with van der Waals surface area (Å²) in [5.41, 5.74) is 3.18. The predicted molar refractivity (Wildman–Crippen MR) is 123 cm³/mol. The largest absolute Gasteiger partial charge is 0.495 e. The van der Waals surface area contributed by atoms with Crippen LogP contribution in [0.2, 0.25) is 0 Å². The van der Waals surface area contributed by atoms with Gasteiger partial charge in [0.25, 0.3) is 0 Å². The molecule has 1 aromatic carbocycles. The molecule has 3 aromatic rings. The van der Waals surface area contributed by atoms with Crippen LogP contribution in [-0.2, 0) is 0 Å². The van der Waals surface area contributed by atoms with Gasteiger partial charge in [0.1, 0.15) is 5.75 Å². The average molecular weight is 419 g/mol. The summed E-state index contributed by atoms with van der Waals surface area (Å²) in [7, 11) is 1.70. The Morgan fingerprint density at radius 2 is 1.87 bits per heavy atom. The number of aromatic nitrogens is 2. The third-order valence-corrected chi connectivity index (χ3v) is 6.58. The molecule has 2 aromatic heterocycles. The normalized spacial score (nSPS) is 21.8. The fourth-order valence-electron chi connectivity index (χ4n) is 4.82. The van der Waals surface area contributed by atoms with Gasteiger partial charge in [-0.3, -0.25) is 4.98 Å². The van der Waals surface area contributed by atoms with Crippen molar-refractivity contribution in [1.29, 1.82) is 0 Å². The molecule has 0 unspecified atom stereocenters. The van der Waals surface area contributed by atoms with Crippen LogP contribution in [0.25, 0.3) is 0 Å². The monoisotopic (exact) mass is 418 g/mol. The topological polar surface area (TPSA) is 42.3 Å². The van der Waals surface area contributed by atoms with Gasteiger partial charge < -0.3 is 19.5 Å². The smallest absolute Gasteiger partial charge is 0.174 e. The van der Waals surface area contributed by atoms with Crippen molar-refractivity contribution in [2.24, 2.45) is 0 Å². The predicted octanol–water partition coefficient (Wildman–Crippen LogP) is 5.18. The van der Waals surface area contributed by atoms with Crippen LogP contribution < -0.4 is 15.0 Å². The van der Waals surface area contributed by atoms with E-state index in [-0.39, 0.29) is 12.1 Å². The second kappa shape index (κ2) is 8.11. The Morgan fingerprint density at radius 3 is 2.63 bits per heavy atom. The molecule has 0 amide bonds. The number of pyridine rings is 1. The second-order valence-corrected chi connectivity index (χ2v) is 8.39. The van der Waals surface area contributed by atoms with Crippen LogP contribution in [0.3, 0.4) is 0 Å². The lowest BCUT2D eigenvalue weighted by Crippen LogP contribution is -2.29. The Labute approximate surface area is 182 Å². The van der Waals surface area contributed by atoms with E-state index in [2.05, 4.69) is 50.4 Å². The van der Waals surface area contributed by atoms with E-state index in [9.17, 15) is 0 Å². The van der Waals surface area contributed by atoms with Crippen molar-refractivity contribution in [2.75, 3.05) is 12.0 Å². The molecule has 0 bridgehead atoms. The quantitative estimate of drug-likeness (QED) is 0.578. The highest BCUT2D eigenvalue weighted by atomic mass is 32.1. The maximum atomic E-state index is 5.82. The van der Waals surface area contributed by atoms with E-state index >= 15 is 0 Å². The van der Waals surface area contributed by atoms with Crippen LogP contribution in [0.1, 0.15) is 55.1 Å². The van der Waals surface area contributed by atoms with Crippen LogP contribution in [0.15, 0.2) is 67.1 Å². The summed E-state index contributed by atoms with van der Waals surface area (Å²) in [5, 5.41) is 4.22. The lowest BCUT2D eigenvalue weighted by molar-refractivity contribution is 0.414. The van der Waals surface area contributed by atoms with Gasteiger partial charge in [0.15, 0.2) is 5.11 Å². The van der Waals surface area contributed by atoms with Crippen molar-refractivity contribution in [1.82, 2.24) is 14.9 Å². The zero-order valence-corrected chi connectivity index (χ0v) is 17.9. The number of thiocarbonyl (C=S) groups is 1. The van der Waals surface area contributed by atoms with E-state index in [1.807, 2.05) is 36.5 Å². The highest BCUT2D eigenvalue weighted by molar-refractivity contribution is 7.80. The van der Waals surface area contributed by atoms with Crippen molar-refractivity contribution in [3.05, 3.63) is 78.4 Å². The number of para-hydroxylation sites is 2. The van der Waals surface area contributed by atoms with Gasteiger partial charge in [0.2, 0.25) is 0 Å². The summed E-state index contributed by atoms with van der Waals surface area (Å²) in [6.45, 7) is 0. The van der Waals surface area contributed by atoms with Gasteiger partial charge in [0.05, 0.1) is 30.6 Å². The van der Waals surface area contributed by atoms with Crippen molar-refractivity contribution >= 4 is 23.0 Å². The highest BCUT2D eigenvalue weighted by Crippen LogP contribution is 2.44. The Balaban J connectivity index is 1.59. The second-order valence-electron chi connectivity index (χ2n) is 8.00. The van der Waals surface area contributed by atoms with Crippen molar-refractivity contribution in [3.63, 3.8) is 0 Å². The van der Waals surface area contributed by atoms with Crippen molar-refractivity contribution in [3.8, 4) is 5.75 Å². The van der Waals surface area contributed by atoms with Gasteiger partial charge in [-0.1, -0.05) is 31.0 Å². The maximum absolute atomic E-state index is 5.82. The first-order chi connectivity index (χ1) is 14.8. The number of hydrogen-bond donors (Lipinski definition) is 1. The molecule has 1 N–H and O–H groups in total. The third kappa shape index (κ3) is 3.35. The lowest BCUT2D eigenvalue weighted by atomic mass is 9.98. The molecule has 5 rings (SSSR count). The summed E-state index contributed by atoms with van der Waals surface area (Å²) in [5.74, 6) is 0.809. The molecule has 6 heteroatoms. The zero-order valence-electron chi connectivity index (χ0n) is 17.1. The van der Waals surface area contributed by atoms with E-state index < -0.39 is 0 Å². The number of nitrogens with one attached hydrogen (secondary N) is 1. The average Bonchev–Trinajstić information content (AvgIpc) is 3.53. The molecule has 0 spiro atoms. The molecule has 154 valence electrons. The number of anilines is 1. The Kier molecular flexibility index (Phi) is 5.17. The molecule has 2 aliphatic rings. The molecule has 1 aliphatic carbocycles. The van der Waals surface area contributed by atoms with Crippen LogP contribution in [0.4, 0.5) is 5.69 Å². The molecular formula is C24H26N4OS. The van der Waals surface area contributed by atoms with Crippen LogP contribution >= 0.6 is 12.2 Å². The molecule has 0 radical (unpaired) electrons. The van der Waals surface area contributed by atoms with Gasteiger partial charge in [-0.2, -0.15) is 0 Å². The SMILES string of the molecule is COc1ccccc1N1C(=S)N[C@H](c2ccccn2)[C@H]1c1ccn(C2CCCC2)c1. The summed E-state index contributed by atoms with van der Waals surface area (Å²) < 4.78 is 8.06. The van der Waals surface area contributed by atoms with E-state index in [0.717, 1.165) is 17.1 Å². The van der Waals surface area contributed by atoms with Crippen molar-refractivity contribution in [2.45, 2.75) is 43.8 Å². The molecule has 3 heterocycles. The zero-order chi connectivity index (χ0) is 20.5. The fraction of sp³-hybridized carbons (Fsp3) is 0.333. The number of nitrogens with zero attached hydrogens (tertiary/aromatic N) is 3. The number of ether oxygens (including phenoxy) is 1. The van der Waals surface area contributed by atoms with E-state index in [0.29, 0.717) is 11.2 Å². The molecular weight excluding hydrogens is 392 g/mol. The fourth-order valence-corrected chi connectivity index (χ4v) is 5.16. The first-order valence-corrected chi connectivity index (χ1v) is 11.0. The van der Waals surface area contributed by atoms with Crippen LogP contribution in [0.5, 0.6) is 5.75 Å². The van der Waals surface area contributed by atoms with E-state index in [1.54, 1.807) is 7.11 Å². The van der Waals surface area contributed by atoms with Gasteiger partial charge in [-0.25, -0.2) is 0 Å². The summed E-state index contributed by atoms with van der Waals surface area (Å²) in [4.78, 5) is 6.82. The first-order valence-electron chi connectivity index (χ1n) is 10.6. The van der Waals surface area contributed by atoms with Gasteiger partial charge >= 0.3 is 0 Å². The first kappa shape index (κ1) is 19.1. The van der Waals surface area contributed by atoms with Gasteiger partial charge in [0, 0.05) is 24.6 Å². The number of rotatable bonds is 5. The minimum Gasteiger partial charge on any atom is -0.495 e.